The van der Waals surface area contributed by atoms with Gasteiger partial charge in [-0.1, -0.05) is 6.58 Å². The lowest BCUT2D eigenvalue weighted by molar-refractivity contribution is -0.150. The molecule has 17 heavy (non-hydrogen) atoms. The van der Waals surface area contributed by atoms with Crippen LogP contribution in [-0.2, 0) is 23.9 Å². The molecule has 92 valence electrons. The van der Waals surface area contributed by atoms with Crippen molar-refractivity contribution in [2.45, 2.75) is 12.8 Å². The summed E-state index contributed by atoms with van der Waals surface area (Å²) in [5.74, 6) is -3.31. The Kier molecular flexibility index (Phi) is 5.94. The van der Waals surface area contributed by atoms with E-state index in [1.807, 2.05) is 0 Å². The smallest absolute Gasteiger partial charge is 0.338 e. The van der Waals surface area contributed by atoms with Gasteiger partial charge in [0.2, 0.25) is 0 Å². The van der Waals surface area contributed by atoms with E-state index in [1.165, 1.54) is 0 Å². The van der Waals surface area contributed by atoms with E-state index >= 15 is 0 Å². The molecule has 1 heterocycles. The molecule has 0 aliphatic carbocycles. The Morgan fingerprint density at radius 2 is 1.59 bits per heavy atom. The minimum absolute atomic E-state index is 0.00463. The van der Waals surface area contributed by atoms with Gasteiger partial charge in [0.25, 0.3) is 0 Å². The number of hydrogen-bond donors (Lipinski definition) is 2. The predicted octanol–water partition coefficient (Wildman–Crippen LogP) is 0.118. The Hall–Kier alpha value is -2.44. The molecule has 0 unspecified atom stereocenters. The van der Waals surface area contributed by atoms with E-state index in [4.69, 9.17) is 10.2 Å². The third-order valence-electron chi connectivity index (χ3n) is 1.50. The summed E-state index contributed by atoms with van der Waals surface area (Å²) < 4.78 is 3.97. The highest BCUT2D eigenvalue weighted by molar-refractivity contribution is 6.04. The zero-order valence-corrected chi connectivity index (χ0v) is 8.71. The van der Waals surface area contributed by atoms with Crippen LogP contribution in [0.15, 0.2) is 24.3 Å². The standard InChI is InChI=1S/C6H8O4.C4H2O3/c1-4(6(9)10)2-3-5(7)8;5-3-1-2-4(6)7-3/h1-3H2,(H,7,8)(H,9,10);1-2H. The van der Waals surface area contributed by atoms with E-state index in [-0.39, 0.29) is 18.4 Å². The zero-order chi connectivity index (χ0) is 13.4. The molecule has 7 nitrogen and oxygen atoms in total. The third-order valence-corrected chi connectivity index (χ3v) is 1.50. The van der Waals surface area contributed by atoms with Crippen LogP contribution in [0.2, 0.25) is 0 Å². The molecular formula is C10H10O7. The van der Waals surface area contributed by atoms with Crippen molar-refractivity contribution in [3.8, 4) is 0 Å². The van der Waals surface area contributed by atoms with Gasteiger partial charge >= 0.3 is 23.9 Å². The summed E-state index contributed by atoms with van der Waals surface area (Å²) in [7, 11) is 0. The number of esters is 2. The predicted molar refractivity (Wildman–Crippen MR) is 53.9 cm³/mol. The minimum atomic E-state index is -1.14. The topological polar surface area (TPSA) is 118 Å². The molecule has 0 saturated heterocycles. The van der Waals surface area contributed by atoms with Gasteiger partial charge in [-0.15, -0.1) is 0 Å². The highest BCUT2D eigenvalue weighted by Gasteiger charge is 2.10. The molecular weight excluding hydrogens is 232 g/mol. The van der Waals surface area contributed by atoms with Crippen LogP contribution < -0.4 is 0 Å². The quantitative estimate of drug-likeness (QED) is 0.408. The molecule has 0 radical (unpaired) electrons. The van der Waals surface area contributed by atoms with Crippen molar-refractivity contribution in [3.05, 3.63) is 24.3 Å². The fourth-order valence-corrected chi connectivity index (χ4v) is 0.668. The molecule has 7 heteroatoms. The summed E-state index contributed by atoms with van der Waals surface area (Å²) >= 11 is 0. The minimum Gasteiger partial charge on any atom is -0.481 e. The molecule has 0 aromatic carbocycles. The van der Waals surface area contributed by atoms with Crippen molar-refractivity contribution < 1.29 is 34.1 Å². The number of carboxylic acid groups (broad SMARTS) is 2. The van der Waals surface area contributed by atoms with E-state index < -0.39 is 23.9 Å². The molecule has 0 aromatic rings. The molecule has 2 N–H and O–H groups in total. The van der Waals surface area contributed by atoms with Crippen LogP contribution in [0.5, 0.6) is 0 Å². The monoisotopic (exact) mass is 242 g/mol. The van der Waals surface area contributed by atoms with Crippen molar-refractivity contribution in [2.75, 3.05) is 0 Å². The Morgan fingerprint density at radius 3 is 1.82 bits per heavy atom. The van der Waals surface area contributed by atoms with Gasteiger partial charge in [0.05, 0.1) is 0 Å². The second-order valence-corrected chi connectivity index (χ2v) is 2.88. The number of aliphatic carboxylic acids is 2. The summed E-state index contributed by atoms with van der Waals surface area (Å²) in [4.78, 5) is 39.8. The first-order chi connectivity index (χ1) is 7.82. The van der Waals surface area contributed by atoms with Crippen molar-refractivity contribution in [2.24, 2.45) is 0 Å². The average Bonchev–Trinajstić information content (AvgIpc) is 2.59. The van der Waals surface area contributed by atoms with Crippen LogP contribution in [-0.4, -0.2) is 34.1 Å². The highest BCUT2D eigenvalue weighted by atomic mass is 16.6. The lowest BCUT2D eigenvalue weighted by Crippen LogP contribution is -2.02. The fraction of sp³-hybridized carbons (Fsp3) is 0.200. The largest absolute Gasteiger partial charge is 0.481 e. The van der Waals surface area contributed by atoms with Gasteiger partial charge in [-0.2, -0.15) is 0 Å². The zero-order valence-electron chi connectivity index (χ0n) is 8.71. The van der Waals surface area contributed by atoms with E-state index in [2.05, 4.69) is 11.3 Å². The summed E-state index contributed by atoms with van der Waals surface area (Å²) in [6.45, 7) is 3.16. The van der Waals surface area contributed by atoms with E-state index in [0.29, 0.717) is 0 Å². The van der Waals surface area contributed by atoms with Gasteiger partial charge in [-0.05, 0) is 6.42 Å². The average molecular weight is 242 g/mol. The molecule has 1 aliphatic heterocycles. The van der Waals surface area contributed by atoms with Crippen LogP contribution in [0.25, 0.3) is 0 Å². The van der Waals surface area contributed by atoms with Gasteiger partial charge in [0.15, 0.2) is 0 Å². The fourth-order valence-electron chi connectivity index (χ4n) is 0.668. The van der Waals surface area contributed by atoms with E-state index in [1.54, 1.807) is 0 Å². The SMILES string of the molecule is C=C(CCC(=O)O)C(=O)O.O=C1C=CC(=O)O1. The molecule has 0 bridgehead atoms. The second kappa shape index (κ2) is 6.94. The highest BCUT2D eigenvalue weighted by Crippen LogP contribution is 2.01. The maximum atomic E-state index is 10.0. The lowest BCUT2D eigenvalue weighted by atomic mass is 10.2. The Morgan fingerprint density at radius 1 is 1.12 bits per heavy atom. The lowest BCUT2D eigenvalue weighted by Gasteiger charge is -1.94. The van der Waals surface area contributed by atoms with Gasteiger partial charge in [-0.25, -0.2) is 14.4 Å². The van der Waals surface area contributed by atoms with Crippen LogP contribution in [0.1, 0.15) is 12.8 Å². The normalized spacial score (nSPS) is 12.5. The maximum absolute atomic E-state index is 10.0. The number of cyclic esters (lactones) is 2. The molecule has 0 amide bonds. The van der Waals surface area contributed by atoms with Crippen LogP contribution in [0.4, 0.5) is 0 Å². The van der Waals surface area contributed by atoms with Gasteiger partial charge in [0.1, 0.15) is 0 Å². The van der Waals surface area contributed by atoms with Crippen LogP contribution in [0.3, 0.4) is 0 Å². The molecule has 0 aromatic heterocycles. The number of ether oxygens (including phenoxy) is 1. The van der Waals surface area contributed by atoms with Gasteiger partial charge in [-0.3, -0.25) is 4.79 Å². The Balaban J connectivity index is 0.000000318. The molecule has 0 fully saturated rings. The van der Waals surface area contributed by atoms with Crippen molar-refractivity contribution in [3.63, 3.8) is 0 Å². The first-order valence-corrected chi connectivity index (χ1v) is 4.39. The molecule has 0 atom stereocenters. The summed E-state index contributed by atoms with van der Waals surface area (Å²) in [6.07, 6.45) is 2.00. The first-order valence-electron chi connectivity index (χ1n) is 4.39. The number of carbonyl (C=O) groups excluding carboxylic acids is 2. The van der Waals surface area contributed by atoms with Crippen LogP contribution in [0, 0.1) is 0 Å². The second-order valence-electron chi connectivity index (χ2n) is 2.88. The van der Waals surface area contributed by atoms with Crippen molar-refractivity contribution >= 4 is 23.9 Å². The molecule has 1 rings (SSSR count). The number of carboxylic acids is 2. The Bertz CT molecular complexity index is 375. The van der Waals surface area contributed by atoms with Gasteiger partial charge < -0.3 is 14.9 Å². The Labute approximate surface area is 96.0 Å². The molecule has 0 spiro atoms. The first kappa shape index (κ1) is 14.6. The number of carbonyl (C=O) groups is 4. The summed E-state index contributed by atoms with van der Waals surface area (Å²) in [5.41, 5.74) is -0.0672. The van der Waals surface area contributed by atoms with E-state index in [0.717, 1.165) is 12.2 Å². The van der Waals surface area contributed by atoms with Gasteiger partial charge in [0, 0.05) is 24.1 Å². The van der Waals surface area contributed by atoms with Crippen molar-refractivity contribution in [1.29, 1.82) is 0 Å². The molecule has 0 saturated carbocycles. The summed E-state index contributed by atoms with van der Waals surface area (Å²) in [5, 5.41) is 16.3. The number of hydrogen-bond acceptors (Lipinski definition) is 5. The summed E-state index contributed by atoms with van der Waals surface area (Å²) in [6, 6.07) is 0. The molecule has 1 aliphatic rings. The van der Waals surface area contributed by atoms with Crippen molar-refractivity contribution in [1.82, 2.24) is 0 Å². The maximum Gasteiger partial charge on any atom is 0.338 e. The number of rotatable bonds is 4. The van der Waals surface area contributed by atoms with Crippen LogP contribution >= 0.6 is 0 Å². The third kappa shape index (κ3) is 7.48. The van der Waals surface area contributed by atoms with E-state index in [9.17, 15) is 19.2 Å².